The summed E-state index contributed by atoms with van der Waals surface area (Å²) in [5, 5.41) is 6.13. The highest BCUT2D eigenvalue weighted by atomic mass is 16.1. The van der Waals surface area contributed by atoms with Crippen LogP contribution < -0.4 is 10.6 Å². The number of hydrogen-bond acceptors (Lipinski definition) is 3. The number of nitrogens with one attached hydrogen (secondary N) is 2. The van der Waals surface area contributed by atoms with E-state index in [9.17, 15) is 4.79 Å². The van der Waals surface area contributed by atoms with Crippen molar-refractivity contribution in [2.75, 3.05) is 18.4 Å². The van der Waals surface area contributed by atoms with E-state index in [1.807, 2.05) is 6.07 Å². The normalized spacial score (nSPS) is 10.4. The zero-order valence-electron chi connectivity index (χ0n) is 11.5. The van der Waals surface area contributed by atoms with Crippen molar-refractivity contribution in [2.45, 2.75) is 33.6 Å². The summed E-state index contributed by atoms with van der Waals surface area (Å²) in [5.74, 6) is 0.492. The fourth-order valence-electron chi connectivity index (χ4n) is 1.50. The molecule has 1 aromatic rings. The zero-order chi connectivity index (χ0) is 13.4. The molecule has 0 saturated carbocycles. The van der Waals surface area contributed by atoms with Gasteiger partial charge in [-0.1, -0.05) is 20.8 Å². The third-order valence-electron chi connectivity index (χ3n) is 2.58. The van der Waals surface area contributed by atoms with Crippen LogP contribution in [0.25, 0.3) is 0 Å². The Kier molecular flexibility index (Phi) is 6.19. The molecule has 0 atom stereocenters. The van der Waals surface area contributed by atoms with Crippen LogP contribution in [0, 0.1) is 5.92 Å². The van der Waals surface area contributed by atoms with E-state index < -0.39 is 0 Å². The van der Waals surface area contributed by atoms with Crippen molar-refractivity contribution in [1.82, 2.24) is 10.3 Å². The van der Waals surface area contributed by atoms with E-state index in [-0.39, 0.29) is 5.91 Å². The number of anilines is 1. The zero-order valence-corrected chi connectivity index (χ0v) is 11.5. The topological polar surface area (TPSA) is 54.0 Å². The molecule has 4 heteroatoms. The first-order valence-electron chi connectivity index (χ1n) is 6.61. The molecule has 0 spiro atoms. The van der Waals surface area contributed by atoms with Gasteiger partial charge in [-0.25, -0.2) is 0 Å². The Hall–Kier alpha value is -1.58. The SMILES string of the molecule is CCCNc1ccnc(C(=O)NCCC(C)C)c1. The van der Waals surface area contributed by atoms with Gasteiger partial charge in [0.25, 0.3) is 5.91 Å². The first-order chi connectivity index (χ1) is 8.63. The van der Waals surface area contributed by atoms with Crippen LogP contribution in [0.1, 0.15) is 44.1 Å². The fourth-order valence-corrected chi connectivity index (χ4v) is 1.50. The van der Waals surface area contributed by atoms with Gasteiger partial charge in [0.1, 0.15) is 5.69 Å². The maximum Gasteiger partial charge on any atom is 0.269 e. The van der Waals surface area contributed by atoms with Crippen LogP contribution in [0.2, 0.25) is 0 Å². The summed E-state index contributed by atoms with van der Waals surface area (Å²) in [5.41, 5.74) is 1.42. The van der Waals surface area contributed by atoms with Crippen LogP contribution in [0.15, 0.2) is 18.3 Å². The lowest BCUT2D eigenvalue weighted by Crippen LogP contribution is -2.26. The van der Waals surface area contributed by atoms with Crippen molar-refractivity contribution < 1.29 is 4.79 Å². The maximum absolute atomic E-state index is 11.9. The first kappa shape index (κ1) is 14.5. The highest BCUT2D eigenvalue weighted by molar-refractivity contribution is 5.93. The molecule has 0 radical (unpaired) electrons. The Bertz CT molecular complexity index is 377. The Morgan fingerprint density at radius 3 is 2.83 bits per heavy atom. The van der Waals surface area contributed by atoms with Crippen LogP contribution in [0.5, 0.6) is 0 Å². The van der Waals surface area contributed by atoms with Crippen LogP contribution in [-0.2, 0) is 0 Å². The number of rotatable bonds is 7. The molecule has 2 N–H and O–H groups in total. The molecule has 4 nitrogen and oxygen atoms in total. The molecule has 1 amide bonds. The van der Waals surface area contributed by atoms with Crippen LogP contribution in [0.3, 0.4) is 0 Å². The van der Waals surface area contributed by atoms with Crippen LogP contribution >= 0.6 is 0 Å². The van der Waals surface area contributed by atoms with E-state index >= 15 is 0 Å². The minimum absolute atomic E-state index is 0.101. The Balaban J connectivity index is 2.51. The van der Waals surface area contributed by atoms with Crippen molar-refractivity contribution >= 4 is 11.6 Å². The molecule has 100 valence electrons. The van der Waals surface area contributed by atoms with Gasteiger partial charge >= 0.3 is 0 Å². The largest absolute Gasteiger partial charge is 0.385 e. The summed E-state index contributed by atoms with van der Waals surface area (Å²) in [6.07, 6.45) is 3.70. The Morgan fingerprint density at radius 1 is 1.39 bits per heavy atom. The van der Waals surface area contributed by atoms with Crippen molar-refractivity contribution in [3.05, 3.63) is 24.0 Å². The van der Waals surface area contributed by atoms with Crippen LogP contribution in [-0.4, -0.2) is 24.0 Å². The average Bonchev–Trinajstić information content (AvgIpc) is 2.36. The number of pyridine rings is 1. The number of carbonyl (C=O) groups is 1. The van der Waals surface area contributed by atoms with E-state index in [2.05, 4.69) is 36.4 Å². The van der Waals surface area contributed by atoms with E-state index in [4.69, 9.17) is 0 Å². The molecule has 0 saturated heterocycles. The highest BCUT2D eigenvalue weighted by Gasteiger charge is 2.07. The minimum Gasteiger partial charge on any atom is -0.385 e. The first-order valence-corrected chi connectivity index (χ1v) is 6.61. The predicted molar refractivity (Wildman–Crippen MR) is 74.8 cm³/mol. The summed E-state index contributed by atoms with van der Waals surface area (Å²) in [4.78, 5) is 15.9. The Morgan fingerprint density at radius 2 is 2.17 bits per heavy atom. The highest BCUT2D eigenvalue weighted by Crippen LogP contribution is 2.08. The smallest absolute Gasteiger partial charge is 0.269 e. The number of hydrogen-bond donors (Lipinski definition) is 2. The second-order valence-corrected chi connectivity index (χ2v) is 4.79. The van der Waals surface area contributed by atoms with E-state index in [0.717, 1.165) is 25.1 Å². The molecule has 0 aromatic carbocycles. The molecule has 18 heavy (non-hydrogen) atoms. The summed E-state index contributed by atoms with van der Waals surface area (Å²) in [7, 11) is 0. The third kappa shape index (κ3) is 5.17. The summed E-state index contributed by atoms with van der Waals surface area (Å²) < 4.78 is 0. The number of nitrogens with zero attached hydrogens (tertiary/aromatic N) is 1. The molecule has 1 aromatic heterocycles. The second-order valence-electron chi connectivity index (χ2n) is 4.79. The molecule has 0 fully saturated rings. The average molecular weight is 249 g/mol. The summed E-state index contributed by atoms with van der Waals surface area (Å²) >= 11 is 0. The standard InChI is InChI=1S/C14H23N3O/c1-4-7-15-12-6-9-16-13(10-12)14(18)17-8-5-11(2)3/h6,9-11H,4-5,7-8H2,1-3H3,(H,15,16)(H,17,18). The summed E-state index contributed by atoms with van der Waals surface area (Å²) in [6.45, 7) is 7.98. The minimum atomic E-state index is -0.101. The van der Waals surface area contributed by atoms with E-state index in [1.54, 1.807) is 12.3 Å². The van der Waals surface area contributed by atoms with Gasteiger partial charge in [0.15, 0.2) is 0 Å². The lowest BCUT2D eigenvalue weighted by Gasteiger charge is -2.08. The van der Waals surface area contributed by atoms with Crippen molar-refractivity contribution in [3.63, 3.8) is 0 Å². The molecular weight excluding hydrogens is 226 g/mol. The second kappa shape index (κ2) is 7.69. The van der Waals surface area contributed by atoms with Gasteiger partial charge in [-0.05, 0) is 30.9 Å². The van der Waals surface area contributed by atoms with E-state index in [1.165, 1.54) is 0 Å². The van der Waals surface area contributed by atoms with Gasteiger partial charge in [-0.3, -0.25) is 9.78 Å². The molecule has 1 heterocycles. The van der Waals surface area contributed by atoms with Crippen LogP contribution in [0.4, 0.5) is 5.69 Å². The molecule has 0 aliphatic heterocycles. The molecule has 0 bridgehead atoms. The van der Waals surface area contributed by atoms with Gasteiger partial charge in [-0.2, -0.15) is 0 Å². The van der Waals surface area contributed by atoms with Crippen molar-refractivity contribution in [2.24, 2.45) is 5.92 Å². The van der Waals surface area contributed by atoms with Crippen molar-refractivity contribution in [1.29, 1.82) is 0 Å². The molecular formula is C14H23N3O. The fraction of sp³-hybridized carbons (Fsp3) is 0.571. The monoisotopic (exact) mass is 249 g/mol. The summed E-state index contributed by atoms with van der Waals surface area (Å²) in [6, 6.07) is 3.67. The maximum atomic E-state index is 11.9. The molecule has 0 aliphatic rings. The third-order valence-corrected chi connectivity index (χ3v) is 2.58. The predicted octanol–water partition coefficient (Wildman–Crippen LogP) is 2.68. The Labute approximate surface area is 109 Å². The quantitative estimate of drug-likeness (QED) is 0.781. The molecule has 0 unspecified atom stereocenters. The van der Waals surface area contributed by atoms with Gasteiger partial charge in [0, 0.05) is 25.0 Å². The van der Waals surface area contributed by atoms with Gasteiger partial charge in [-0.15, -0.1) is 0 Å². The molecule has 1 rings (SSSR count). The molecule has 0 aliphatic carbocycles. The van der Waals surface area contributed by atoms with Crippen molar-refractivity contribution in [3.8, 4) is 0 Å². The lowest BCUT2D eigenvalue weighted by molar-refractivity contribution is 0.0947. The van der Waals surface area contributed by atoms with E-state index in [0.29, 0.717) is 18.2 Å². The van der Waals surface area contributed by atoms with Gasteiger partial charge in [0.05, 0.1) is 0 Å². The number of aromatic nitrogens is 1. The lowest BCUT2D eigenvalue weighted by atomic mass is 10.1. The van der Waals surface area contributed by atoms with Gasteiger partial charge < -0.3 is 10.6 Å². The number of carbonyl (C=O) groups excluding carboxylic acids is 1. The number of amides is 1. The van der Waals surface area contributed by atoms with Gasteiger partial charge in [0.2, 0.25) is 0 Å².